The molecule has 0 fully saturated rings. The number of nitrogens with one attached hydrogen (secondary N) is 1. The van der Waals surface area contributed by atoms with Crippen LogP contribution in [-0.4, -0.2) is 20.9 Å². The van der Waals surface area contributed by atoms with Gasteiger partial charge in [-0.15, -0.1) is 0 Å². The largest absolute Gasteiger partial charge is 0.424 e. The van der Waals surface area contributed by atoms with Crippen molar-refractivity contribution >= 4 is 17.7 Å². The Hall–Kier alpha value is -3.54. The quantitative estimate of drug-likeness (QED) is 0.722. The average Bonchev–Trinajstić information content (AvgIpc) is 2.64. The summed E-state index contributed by atoms with van der Waals surface area (Å²) >= 11 is 0. The second-order valence-corrected chi connectivity index (χ2v) is 5.19. The molecule has 6 heteroatoms. The van der Waals surface area contributed by atoms with Gasteiger partial charge in [-0.3, -0.25) is 9.78 Å². The van der Waals surface area contributed by atoms with Gasteiger partial charge in [-0.2, -0.15) is 0 Å². The Labute approximate surface area is 145 Å². The summed E-state index contributed by atoms with van der Waals surface area (Å²) in [4.78, 5) is 24.2. The van der Waals surface area contributed by atoms with E-state index in [2.05, 4.69) is 20.3 Å². The minimum atomic E-state index is -0.228. The highest BCUT2D eigenvalue weighted by molar-refractivity contribution is 6.02. The van der Waals surface area contributed by atoms with Crippen molar-refractivity contribution in [1.82, 2.24) is 15.0 Å². The lowest BCUT2D eigenvalue weighted by atomic mass is 10.2. The van der Waals surface area contributed by atoms with Gasteiger partial charge in [0.15, 0.2) is 0 Å². The lowest BCUT2D eigenvalue weighted by Gasteiger charge is -2.09. The fourth-order valence-corrected chi connectivity index (χ4v) is 2.09. The highest BCUT2D eigenvalue weighted by atomic mass is 16.5. The van der Waals surface area contributed by atoms with E-state index in [0.29, 0.717) is 11.4 Å². The number of benzene rings is 1. The molecule has 0 aliphatic rings. The van der Waals surface area contributed by atoms with E-state index in [0.717, 1.165) is 11.3 Å². The summed E-state index contributed by atoms with van der Waals surface area (Å²) in [6, 6.07) is 12.9. The molecular formula is C19H16N4O2. The van der Waals surface area contributed by atoms with Gasteiger partial charge in [0.2, 0.25) is 5.91 Å². The molecule has 0 spiro atoms. The minimum Gasteiger partial charge on any atom is -0.424 e. The number of carbonyl (C=O) groups excluding carboxylic acids is 1. The van der Waals surface area contributed by atoms with Crippen molar-refractivity contribution in [1.29, 1.82) is 0 Å². The SMILES string of the molecule is Cc1cc(Oc2ncccn2)ccc1NC(=O)C=Cc1ccccn1. The van der Waals surface area contributed by atoms with Gasteiger partial charge in [-0.25, -0.2) is 9.97 Å². The van der Waals surface area contributed by atoms with Crippen molar-refractivity contribution in [3.05, 3.63) is 78.4 Å². The van der Waals surface area contributed by atoms with E-state index in [4.69, 9.17) is 4.74 Å². The Morgan fingerprint density at radius 2 is 1.84 bits per heavy atom. The van der Waals surface area contributed by atoms with Gasteiger partial charge >= 0.3 is 6.01 Å². The number of aryl methyl sites for hydroxylation is 1. The molecular weight excluding hydrogens is 316 g/mol. The number of pyridine rings is 1. The molecule has 1 aromatic carbocycles. The summed E-state index contributed by atoms with van der Waals surface area (Å²) in [5.41, 5.74) is 2.30. The number of rotatable bonds is 5. The molecule has 0 aliphatic heterocycles. The van der Waals surface area contributed by atoms with Crippen LogP contribution in [0.3, 0.4) is 0 Å². The predicted octanol–water partition coefficient (Wildman–Crippen LogP) is 3.62. The van der Waals surface area contributed by atoms with Gasteiger partial charge < -0.3 is 10.1 Å². The molecule has 3 rings (SSSR count). The maximum atomic E-state index is 12.0. The summed E-state index contributed by atoms with van der Waals surface area (Å²) in [5, 5.41) is 2.83. The molecule has 6 nitrogen and oxygen atoms in total. The van der Waals surface area contributed by atoms with Crippen LogP contribution in [0, 0.1) is 6.92 Å². The number of hydrogen-bond acceptors (Lipinski definition) is 5. The highest BCUT2D eigenvalue weighted by Gasteiger charge is 2.05. The average molecular weight is 332 g/mol. The van der Waals surface area contributed by atoms with Gasteiger partial charge in [0, 0.05) is 30.4 Å². The number of carbonyl (C=O) groups is 1. The molecule has 2 heterocycles. The smallest absolute Gasteiger partial charge is 0.321 e. The van der Waals surface area contributed by atoms with E-state index < -0.39 is 0 Å². The van der Waals surface area contributed by atoms with E-state index >= 15 is 0 Å². The fraction of sp³-hybridized carbons (Fsp3) is 0.0526. The normalized spacial score (nSPS) is 10.6. The molecule has 3 aromatic rings. The minimum absolute atomic E-state index is 0.228. The predicted molar refractivity (Wildman–Crippen MR) is 95.2 cm³/mol. The van der Waals surface area contributed by atoms with Crippen molar-refractivity contribution in [2.75, 3.05) is 5.32 Å². The van der Waals surface area contributed by atoms with E-state index in [1.54, 1.807) is 42.9 Å². The van der Waals surface area contributed by atoms with E-state index in [1.807, 2.05) is 31.2 Å². The molecule has 124 valence electrons. The molecule has 0 unspecified atom stereocenters. The van der Waals surface area contributed by atoms with Gasteiger partial charge in [-0.1, -0.05) is 6.07 Å². The molecule has 2 aromatic heterocycles. The Morgan fingerprint density at radius 3 is 2.56 bits per heavy atom. The maximum Gasteiger partial charge on any atom is 0.321 e. The highest BCUT2D eigenvalue weighted by Crippen LogP contribution is 2.24. The second kappa shape index (κ2) is 7.83. The van der Waals surface area contributed by atoms with Gasteiger partial charge in [0.05, 0.1) is 5.69 Å². The van der Waals surface area contributed by atoms with Crippen molar-refractivity contribution in [3.8, 4) is 11.8 Å². The van der Waals surface area contributed by atoms with Crippen LogP contribution in [-0.2, 0) is 4.79 Å². The molecule has 0 radical (unpaired) electrons. The van der Waals surface area contributed by atoms with Crippen molar-refractivity contribution < 1.29 is 9.53 Å². The standard InChI is InChI=1S/C19H16N4O2/c1-14-13-16(25-19-21-11-4-12-22-19)7-8-17(14)23-18(24)9-6-15-5-2-3-10-20-15/h2-13H,1H3,(H,23,24). The van der Waals surface area contributed by atoms with Gasteiger partial charge in [-0.05, 0) is 55.0 Å². The molecule has 0 atom stereocenters. The van der Waals surface area contributed by atoms with Crippen LogP contribution in [0.25, 0.3) is 6.08 Å². The first-order valence-corrected chi connectivity index (χ1v) is 7.66. The van der Waals surface area contributed by atoms with Crippen LogP contribution in [0.4, 0.5) is 5.69 Å². The Balaban J connectivity index is 1.65. The number of amides is 1. The second-order valence-electron chi connectivity index (χ2n) is 5.19. The number of aromatic nitrogens is 3. The lowest BCUT2D eigenvalue weighted by Crippen LogP contribution is -2.09. The number of nitrogens with zero attached hydrogens (tertiary/aromatic N) is 3. The molecule has 0 aliphatic carbocycles. The summed E-state index contributed by atoms with van der Waals surface area (Å²) in [6.45, 7) is 1.89. The van der Waals surface area contributed by atoms with E-state index in [1.165, 1.54) is 6.08 Å². The van der Waals surface area contributed by atoms with Gasteiger partial charge in [0.25, 0.3) is 0 Å². The number of ether oxygens (including phenoxy) is 1. The zero-order chi connectivity index (χ0) is 17.5. The van der Waals surface area contributed by atoms with Gasteiger partial charge in [0.1, 0.15) is 5.75 Å². The monoisotopic (exact) mass is 332 g/mol. The van der Waals surface area contributed by atoms with Crippen LogP contribution < -0.4 is 10.1 Å². The summed E-state index contributed by atoms with van der Waals surface area (Å²) in [6.07, 6.45) is 8.01. The van der Waals surface area contributed by atoms with Crippen molar-refractivity contribution in [3.63, 3.8) is 0 Å². The van der Waals surface area contributed by atoms with Crippen LogP contribution in [0.2, 0.25) is 0 Å². The molecule has 0 bridgehead atoms. The first-order valence-electron chi connectivity index (χ1n) is 7.66. The zero-order valence-corrected chi connectivity index (χ0v) is 13.6. The Kier molecular flexibility index (Phi) is 5.11. The molecule has 0 saturated heterocycles. The third-order valence-electron chi connectivity index (χ3n) is 3.30. The molecule has 1 amide bonds. The fourth-order valence-electron chi connectivity index (χ4n) is 2.09. The van der Waals surface area contributed by atoms with E-state index in [-0.39, 0.29) is 11.9 Å². The van der Waals surface area contributed by atoms with Crippen LogP contribution in [0.5, 0.6) is 11.8 Å². The lowest BCUT2D eigenvalue weighted by molar-refractivity contribution is -0.111. The van der Waals surface area contributed by atoms with Crippen molar-refractivity contribution in [2.45, 2.75) is 6.92 Å². The summed E-state index contributed by atoms with van der Waals surface area (Å²) < 4.78 is 5.57. The van der Waals surface area contributed by atoms with Crippen LogP contribution in [0.15, 0.2) is 67.1 Å². The first kappa shape index (κ1) is 16.3. The third kappa shape index (κ3) is 4.71. The van der Waals surface area contributed by atoms with Crippen LogP contribution in [0.1, 0.15) is 11.3 Å². The number of hydrogen-bond donors (Lipinski definition) is 1. The summed E-state index contributed by atoms with van der Waals surface area (Å²) in [5.74, 6) is 0.375. The van der Waals surface area contributed by atoms with E-state index in [9.17, 15) is 4.79 Å². The zero-order valence-electron chi connectivity index (χ0n) is 13.6. The molecule has 25 heavy (non-hydrogen) atoms. The maximum absolute atomic E-state index is 12.0. The van der Waals surface area contributed by atoms with Crippen molar-refractivity contribution in [2.24, 2.45) is 0 Å². The topological polar surface area (TPSA) is 77.0 Å². The Bertz CT molecular complexity index is 880. The first-order chi connectivity index (χ1) is 12.2. The molecule has 0 saturated carbocycles. The number of anilines is 1. The summed E-state index contributed by atoms with van der Waals surface area (Å²) in [7, 11) is 0. The third-order valence-corrected chi connectivity index (χ3v) is 3.30. The van der Waals surface area contributed by atoms with Crippen LogP contribution >= 0.6 is 0 Å². The molecule has 1 N–H and O–H groups in total. The Morgan fingerprint density at radius 1 is 1.04 bits per heavy atom.